The minimum atomic E-state index is -1.34. The number of nitrogens with zero attached hydrogens (tertiary/aromatic N) is 3. The zero-order chi connectivity index (χ0) is 17.0. The number of nitrogens with one attached hydrogen (secondary N) is 1. The van der Waals surface area contributed by atoms with Crippen molar-refractivity contribution in [2.45, 2.75) is 37.9 Å². The highest BCUT2D eigenvalue weighted by atomic mass is 19.1. The second kappa shape index (κ2) is 7.09. The maximum atomic E-state index is 14.8. The molecule has 2 aromatic rings. The minimum absolute atomic E-state index is 0.195. The third kappa shape index (κ3) is 3.79. The van der Waals surface area contributed by atoms with Gasteiger partial charge in [-0.05, 0) is 37.8 Å². The molecule has 0 spiro atoms. The minimum Gasteiger partial charge on any atom is -0.481 e. The lowest BCUT2D eigenvalue weighted by atomic mass is 9.80. The summed E-state index contributed by atoms with van der Waals surface area (Å²) in [6.45, 7) is 0.601. The molecule has 3 rings (SSSR count). The Kier molecular flexibility index (Phi) is 4.89. The Morgan fingerprint density at radius 3 is 2.71 bits per heavy atom. The van der Waals surface area contributed by atoms with Crippen LogP contribution in [-0.2, 0) is 11.3 Å². The van der Waals surface area contributed by atoms with Crippen molar-refractivity contribution in [1.29, 1.82) is 0 Å². The molecule has 0 atom stereocenters. The summed E-state index contributed by atoms with van der Waals surface area (Å²) in [6, 6.07) is 9.64. The smallest absolute Gasteiger partial charge is 0.306 e. The van der Waals surface area contributed by atoms with Crippen molar-refractivity contribution in [3.63, 3.8) is 0 Å². The lowest BCUT2D eigenvalue weighted by Crippen LogP contribution is -2.41. The molecule has 2 N–H and O–H groups in total. The lowest BCUT2D eigenvalue weighted by molar-refractivity contribution is -0.143. The number of benzene rings is 1. The number of aromatic nitrogens is 3. The van der Waals surface area contributed by atoms with E-state index in [1.807, 2.05) is 30.3 Å². The fourth-order valence-electron chi connectivity index (χ4n) is 3.13. The molecule has 1 saturated carbocycles. The summed E-state index contributed by atoms with van der Waals surface area (Å²) in [6.07, 6.45) is 2.83. The summed E-state index contributed by atoms with van der Waals surface area (Å²) in [7, 11) is 0. The van der Waals surface area contributed by atoms with E-state index < -0.39 is 17.6 Å². The number of carboxylic acid groups (broad SMARTS) is 1. The molecular weight excluding hydrogens is 311 g/mol. The van der Waals surface area contributed by atoms with Crippen LogP contribution in [0.1, 0.15) is 31.5 Å². The Balaban J connectivity index is 1.54. The van der Waals surface area contributed by atoms with Crippen molar-refractivity contribution in [1.82, 2.24) is 20.1 Å². The number of alkyl halides is 1. The van der Waals surface area contributed by atoms with Gasteiger partial charge < -0.3 is 10.4 Å². The summed E-state index contributed by atoms with van der Waals surface area (Å²) in [5, 5.41) is 16.3. The lowest BCUT2D eigenvalue weighted by Gasteiger charge is -2.32. The molecule has 128 valence electrons. The Morgan fingerprint density at radius 2 is 2.04 bits per heavy atom. The summed E-state index contributed by atoms with van der Waals surface area (Å²) >= 11 is 0. The summed E-state index contributed by atoms with van der Waals surface area (Å²) in [5.74, 6) is -0.514. The van der Waals surface area contributed by atoms with Gasteiger partial charge in [-0.2, -0.15) is 5.10 Å². The van der Waals surface area contributed by atoms with Gasteiger partial charge in [0.1, 0.15) is 17.8 Å². The molecule has 0 bridgehead atoms. The zero-order valence-corrected chi connectivity index (χ0v) is 13.4. The molecule has 0 amide bonds. The molecule has 1 fully saturated rings. The molecule has 0 aliphatic heterocycles. The molecule has 0 radical (unpaired) electrons. The van der Waals surface area contributed by atoms with Gasteiger partial charge in [0, 0.05) is 6.54 Å². The quantitative estimate of drug-likeness (QED) is 0.849. The van der Waals surface area contributed by atoms with E-state index in [1.54, 1.807) is 4.68 Å². The van der Waals surface area contributed by atoms with Crippen LogP contribution >= 0.6 is 0 Å². The van der Waals surface area contributed by atoms with E-state index in [1.165, 1.54) is 6.33 Å². The predicted molar refractivity (Wildman–Crippen MR) is 86.5 cm³/mol. The monoisotopic (exact) mass is 332 g/mol. The normalized spacial score (nSPS) is 24.0. The number of halogens is 1. The van der Waals surface area contributed by atoms with Gasteiger partial charge in [-0.25, -0.2) is 14.1 Å². The number of hydrogen-bond donors (Lipinski definition) is 2. The molecule has 0 saturated heterocycles. The van der Waals surface area contributed by atoms with E-state index in [0.29, 0.717) is 25.2 Å². The van der Waals surface area contributed by atoms with E-state index in [-0.39, 0.29) is 19.4 Å². The number of rotatable bonds is 6. The Bertz CT molecular complexity index is 681. The molecule has 1 aromatic carbocycles. The molecule has 0 unspecified atom stereocenters. The standard InChI is InChI=1S/C17H21FN4O2/c18-17(8-6-13(7-9-17)16(23)24)11-19-10-15-20-12-21-22(15)14-4-2-1-3-5-14/h1-5,12-13,19H,6-11H2,(H,23,24). The van der Waals surface area contributed by atoms with Crippen LogP contribution in [0, 0.1) is 5.92 Å². The van der Waals surface area contributed by atoms with Crippen molar-refractivity contribution in [2.75, 3.05) is 6.54 Å². The third-order valence-electron chi connectivity index (χ3n) is 4.57. The van der Waals surface area contributed by atoms with Gasteiger partial charge >= 0.3 is 5.97 Å². The van der Waals surface area contributed by atoms with Crippen molar-refractivity contribution in [3.8, 4) is 5.69 Å². The molecule has 6 nitrogen and oxygen atoms in total. The predicted octanol–water partition coefficient (Wildman–Crippen LogP) is 2.34. The van der Waals surface area contributed by atoms with Crippen LogP contribution in [0.3, 0.4) is 0 Å². The summed E-state index contributed by atoms with van der Waals surface area (Å²) in [4.78, 5) is 15.2. The molecule has 1 aliphatic rings. The Morgan fingerprint density at radius 1 is 1.33 bits per heavy atom. The zero-order valence-electron chi connectivity index (χ0n) is 13.4. The first-order valence-corrected chi connectivity index (χ1v) is 8.14. The fraction of sp³-hybridized carbons (Fsp3) is 0.471. The van der Waals surface area contributed by atoms with Crippen LogP contribution in [0.15, 0.2) is 36.7 Å². The second-order valence-electron chi connectivity index (χ2n) is 6.29. The average molecular weight is 332 g/mol. The highest BCUT2D eigenvalue weighted by Gasteiger charge is 2.37. The topological polar surface area (TPSA) is 80.0 Å². The molecular formula is C17H21FN4O2. The van der Waals surface area contributed by atoms with Crippen LogP contribution in [0.2, 0.25) is 0 Å². The van der Waals surface area contributed by atoms with Crippen molar-refractivity contribution < 1.29 is 14.3 Å². The first-order valence-electron chi connectivity index (χ1n) is 8.14. The summed E-state index contributed by atoms with van der Waals surface area (Å²) in [5.41, 5.74) is -0.437. The van der Waals surface area contributed by atoms with E-state index >= 15 is 0 Å². The van der Waals surface area contributed by atoms with Crippen LogP contribution < -0.4 is 5.32 Å². The van der Waals surface area contributed by atoms with Crippen molar-refractivity contribution >= 4 is 5.97 Å². The van der Waals surface area contributed by atoms with Crippen LogP contribution in [-0.4, -0.2) is 38.1 Å². The van der Waals surface area contributed by atoms with Crippen LogP contribution in [0.25, 0.3) is 5.69 Å². The molecule has 1 aromatic heterocycles. The first-order chi connectivity index (χ1) is 11.6. The van der Waals surface area contributed by atoms with Crippen molar-refractivity contribution in [2.24, 2.45) is 5.92 Å². The van der Waals surface area contributed by atoms with E-state index in [2.05, 4.69) is 15.4 Å². The third-order valence-corrected chi connectivity index (χ3v) is 4.57. The van der Waals surface area contributed by atoms with Gasteiger partial charge in [0.25, 0.3) is 0 Å². The number of carbonyl (C=O) groups is 1. The second-order valence-corrected chi connectivity index (χ2v) is 6.29. The van der Waals surface area contributed by atoms with Crippen LogP contribution in [0.5, 0.6) is 0 Å². The van der Waals surface area contributed by atoms with Gasteiger partial charge in [-0.1, -0.05) is 18.2 Å². The highest BCUT2D eigenvalue weighted by molar-refractivity contribution is 5.70. The highest BCUT2D eigenvalue weighted by Crippen LogP contribution is 2.34. The number of aliphatic carboxylic acids is 1. The Labute approximate surface area is 139 Å². The van der Waals surface area contributed by atoms with Gasteiger partial charge in [-0.15, -0.1) is 0 Å². The van der Waals surface area contributed by atoms with Gasteiger partial charge in [0.2, 0.25) is 0 Å². The largest absolute Gasteiger partial charge is 0.481 e. The first kappa shape index (κ1) is 16.6. The van der Waals surface area contributed by atoms with Gasteiger partial charge in [-0.3, -0.25) is 4.79 Å². The van der Waals surface area contributed by atoms with E-state index in [4.69, 9.17) is 5.11 Å². The maximum absolute atomic E-state index is 14.8. The number of hydrogen-bond acceptors (Lipinski definition) is 4. The fourth-order valence-corrected chi connectivity index (χ4v) is 3.13. The van der Waals surface area contributed by atoms with E-state index in [9.17, 15) is 9.18 Å². The molecule has 24 heavy (non-hydrogen) atoms. The van der Waals surface area contributed by atoms with Crippen molar-refractivity contribution in [3.05, 3.63) is 42.5 Å². The summed E-state index contributed by atoms with van der Waals surface area (Å²) < 4.78 is 16.5. The number of carboxylic acids is 1. The van der Waals surface area contributed by atoms with Gasteiger partial charge in [0.15, 0.2) is 0 Å². The Hall–Kier alpha value is -2.28. The molecule has 1 aliphatic carbocycles. The van der Waals surface area contributed by atoms with Gasteiger partial charge in [0.05, 0.1) is 18.2 Å². The van der Waals surface area contributed by atoms with E-state index in [0.717, 1.165) is 5.69 Å². The molecule has 1 heterocycles. The van der Waals surface area contributed by atoms with Crippen LogP contribution in [0.4, 0.5) is 4.39 Å². The maximum Gasteiger partial charge on any atom is 0.306 e. The number of para-hydroxylation sites is 1. The molecule has 7 heteroatoms. The SMILES string of the molecule is O=C(O)C1CCC(F)(CNCc2ncnn2-c2ccccc2)CC1. The average Bonchev–Trinajstić information content (AvgIpc) is 3.04.